The van der Waals surface area contributed by atoms with Crippen LogP contribution < -0.4 is 10.3 Å². The van der Waals surface area contributed by atoms with E-state index in [4.69, 9.17) is 4.74 Å². The highest BCUT2D eigenvalue weighted by Crippen LogP contribution is 2.26. The number of H-pyrrole nitrogens is 1. The fourth-order valence-electron chi connectivity index (χ4n) is 4.88. The van der Waals surface area contributed by atoms with Gasteiger partial charge >= 0.3 is 0 Å². The lowest BCUT2D eigenvalue weighted by molar-refractivity contribution is 0.172. The molecule has 0 saturated heterocycles. The van der Waals surface area contributed by atoms with Crippen molar-refractivity contribution < 1.29 is 4.74 Å². The van der Waals surface area contributed by atoms with Crippen LogP contribution >= 0.6 is 0 Å². The van der Waals surface area contributed by atoms with Crippen LogP contribution in [0.1, 0.15) is 41.9 Å². The van der Waals surface area contributed by atoms with Crippen molar-refractivity contribution in [2.45, 2.75) is 38.9 Å². The number of aromatic nitrogens is 5. The molecular formula is C30H32N6O2. The first-order valence-corrected chi connectivity index (χ1v) is 12.9. The van der Waals surface area contributed by atoms with Gasteiger partial charge in [-0.05, 0) is 58.7 Å². The largest absolute Gasteiger partial charge is 0.497 e. The van der Waals surface area contributed by atoms with Gasteiger partial charge in [-0.3, -0.25) is 9.69 Å². The van der Waals surface area contributed by atoms with Crippen molar-refractivity contribution in [1.82, 2.24) is 30.1 Å². The molecule has 1 N–H and O–H groups in total. The molecular weight excluding hydrogens is 476 g/mol. The predicted molar refractivity (Wildman–Crippen MR) is 148 cm³/mol. The Kier molecular flexibility index (Phi) is 7.89. The van der Waals surface area contributed by atoms with E-state index in [-0.39, 0.29) is 11.6 Å². The quantitative estimate of drug-likeness (QED) is 0.277. The van der Waals surface area contributed by atoms with Gasteiger partial charge in [0.15, 0.2) is 5.82 Å². The van der Waals surface area contributed by atoms with Crippen LogP contribution in [0.5, 0.6) is 5.75 Å². The zero-order valence-electron chi connectivity index (χ0n) is 21.7. The third-order valence-electron chi connectivity index (χ3n) is 6.89. The molecule has 0 unspecified atom stereocenters. The fraction of sp³-hybridized carbons (Fsp3) is 0.267. The molecule has 2 aromatic heterocycles. The van der Waals surface area contributed by atoms with Crippen molar-refractivity contribution in [3.05, 3.63) is 118 Å². The van der Waals surface area contributed by atoms with E-state index in [0.717, 1.165) is 47.4 Å². The van der Waals surface area contributed by atoms with Crippen LogP contribution in [0, 0.1) is 0 Å². The summed E-state index contributed by atoms with van der Waals surface area (Å²) in [6, 6.07) is 28.1. The van der Waals surface area contributed by atoms with Crippen LogP contribution in [0.2, 0.25) is 0 Å². The summed E-state index contributed by atoms with van der Waals surface area (Å²) in [7, 11) is 1.64. The van der Waals surface area contributed by atoms with E-state index in [1.165, 1.54) is 5.56 Å². The first-order valence-electron chi connectivity index (χ1n) is 12.9. The molecule has 0 aliphatic heterocycles. The van der Waals surface area contributed by atoms with E-state index in [9.17, 15) is 4.79 Å². The van der Waals surface area contributed by atoms with Crippen LogP contribution in [0.15, 0.2) is 89.7 Å². The zero-order valence-corrected chi connectivity index (χ0v) is 21.7. The first-order chi connectivity index (χ1) is 18.6. The molecule has 2 heterocycles. The zero-order chi connectivity index (χ0) is 26.3. The lowest BCUT2D eigenvalue weighted by Crippen LogP contribution is -2.34. The van der Waals surface area contributed by atoms with Crippen molar-refractivity contribution in [2.75, 3.05) is 13.7 Å². The predicted octanol–water partition coefficient (Wildman–Crippen LogP) is 4.77. The van der Waals surface area contributed by atoms with E-state index in [1.54, 1.807) is 7.11 Å². The molecule has 0 aliphatic rings. The number of nitrogens with zero attached hydrogens (tertiary/aromatic N) is 5. The average molecular weight is 509 g/mol. The van der Waals surface area contributed by atoms with Gasteiger partial charge in [-0.25, -0.2) is 4.68 Å². The molecule has 8 nitrogen and oxygen atoms in total. The number of fused-ring (bicyclic) bond motifs is 1. The number of hydrogen-bond acceptors (Lipinski definition) is 6. The Morgan fingerprint density at radius 2 is 1.71 bits per heavy atom. The van der Waals surface area contributed by atoms with E-state index in [1.807, 2.05) is 53.2 Å². The normalized spacial score (nSPS) is 12.2. The molecule has 0 amide bonds. The molecule has 38 heavy (non-hydrogen) atoms. The molecule has 194 valence electrons. The second-order valence-electron chi connectivity index (χ2n) is 9.39. The van der Waals surface area contributed by atoms with Gasteiger partial charge in [0.05, 0.1) is 19.7 Å². The topological polar surface area (TPSA) is 88.9 Å². The monoisotopic (exact) mass is 508 g/mol. The molecule has 1 atom stereocenters. The SMILES string of the molecule is CC[C@H](c1nnnn1Cc1ccccc1)N(CCc1ccccc1)Cc1cc2cc(OC)ccc2[nH]c1=O. The number of benzene rings is 3. The summed E-state index contributed by atoms with van der Waals surface area (Å²) in [5, 5.41) is 13.7. The minimum Gasteiger partial charge on any atom is -0.497 e. The third-order valence-corrected chi connectivity index (χ3v) is 6.89. The van der Waals surface area contributed by atoms with Crippen LogP contribution in [0.3, 0.4) is 0 Å². The molecule has 5 aromatic rings. The summed E-state index contributed by atoms with van der Waals surface area (Å²) in [5.41, 5.74) is 3.76. The van der Waals surface area contributed by atoms with Crippen LogP contribution in [-0.4, -0.2) is 43.7 Å². The summed E-state index contributed by atoms with van der Waals surface area (Å²) in [6.45, 7) is 3.93. The highest BCUT2D eigenvalue weighted by atomic mass is 16.5. The fourth-order valence-corrected chi connectivity index (χ4v) is 4.88. The number of aromatic amines is 1. The van der Waals surface area contributed by atoms with E-state index in [0.29, 0.717) is 18.7 Å². The highest BCUT2D eigenvalue weighted by molar-refractivity contribution is 5.80. The highest BCUT2D eigenvalue weighted by Gasteiger charge is 2.26. The smallest absolute Gasteiger partial charge is 0.252 e. The summed E-state index contributed by atoms with van der Waals surface area (Å²) >= 11 is 0. The number of hydrogen-bond donors (Lipinski definition) is 1. The van der Waals surface area contributed by atoms with Gasteiger partial charge in [0, 0.05) is 29.6 Å². The number of rotatable bonds is 11. The van der Waals surface area contributed by atoms with E-state index < -0.39 is 0 Å². The minimum absolute atomic E-state index is 0.0715. The average Bonchev–Trinajstić information content (AvgIpc) is 3.40. The van der Waals surface area contributed by atoms with Crippen molar-refractivity contribution in [3.63, 3.8) is 0 Å². The number of pyridine rings is 1. The Bertz CT molecular complexity index is 1530. The Labute approximate surface area is 221 Å². The standard InChI is InChI=1S/C30H32N6O2/c1-3-28(29-32-33-34-36(29)20-23-12-8-5-9-13-23)35(17-16-22-10-6-4-7-11-22)21-25-18-24-19-26(38-2)14-15-27(24)31-30(25)37/h4-15,18-19,28H,3,16-17,20-21H2,1-2H3,(H,31,37)/t28-/m1/s1. The second kappa shape index (κ2) is 11.8. The van der Waals surface area contributed by atoms with Gasteiger partial charge in [0.1, 0.15) is 5.75 Å². The van der Waals surface area contributed by atoms with Crippen molar-refractivity contribution in [1.29, 1.82) is 0 Å². The Balaban J connectivity index is 1.48. The number of nitrogens with one attached hydrogen (secondary N) is 1. The van der Waals surface area contributed by atoms with E-state index in [2.05, 4.69) is 68.7 Å². The van der Waals surface area contributed by atoms with Gasteiger partial charge in [-0.15, -0.1) is 5.10 Å². The maximum absolute atomic E-state index is 13.1. The van der Waals surface area contributed by atoms with Gasteiger partial charge in [-0.1, -0.05) is 67.6 Å². The summed E-state index contributed by atoms with van der Waals surface area (Å²) in [4.78, 5) is 18.5. The molecule has 0 fully saturated rings. The van der Waals surface area contributed by atoms with Gasteiger partial charge < -0.3 is 9.72 Å². The lowest BCUT2D eigenvalue weighted by atomic mass is 10.1. The summed E-state index contributed by atoms with van der Waals surface area (Å²) in [6.07, 6.45) is 1.64. The molecule has 0 radical (unpaired) electrons. The second-order valence-corrected chi connectivity index (χ2v) is 9.39. The Morgan fingerprint density at radius 3 is 2.42 bits per heavy atom. The van der Waals surface area contributed by atoms with Crippen LogP contribution in [0.25, 0.3) is 10.9 Å². The number of methoxy groups -OCH3 is 1. The molecule has 3 aromatic carbocycles. The lowest BCUT2D eigenvalue weighted by Gasteiger charge is -2.30. The van der Waals surface area contributed by atoms with Crippen molar-refractivity contribution >= 4 is 10.9 Å². The maximum atomic E-state index is 13.1. The van der Waals surface area contributed by atoms with E-state index >= 15 is 0 Å². The van der Waals surface area contributed by atoms with Crippen LogP contribution in [-0.2, 0) is 19.5 Å². The maximum Gasteiger partial charge on any atom is 0.252 e. The first kappa shape index (κ1) is 25.4. The molecule has 8 heteroatoms. The molecule has 0 aliphatic carbocycles. The summed E-state index contributed by atoms with van der Waals surface area (Å²) in [5.74, 6) is 1.55. The van der Waals surface area contributed by atoms with Gasteiger partial charge in [-0.2, -0.15) is 0 Å². The number of ether oxygens (including phenoxy) is 1. The van der Waals surface area contributed by atoms with Gasteiger partial charge in [0.2, 0.25) is 0 Å². The molecule has 5 rings (SSSR count). The summed E-state index contributed by atoms with van der Waals surface area (Å²) < 4.78 is 7.27. The van der Waals surface area contributed by atoms with Gasteiger partial charge in [0.25, 0.3) is 5.56 Å². The van der Waals surface area contributed by atoms with Crippen LogP contribution in [0.4, 0.5) is 0 Å². The molecule has 0 saturated carbocycles. The third kappa shape index (κ3) is 5.81. The Hall–Kier alpha value is -4.30. The number of tetrazole rings is 1. The van der Waals surface area contributed by atoms with Crippen molar-refractivity contribution in [3.8, 4) is 5.75 Å². The van der Waals surface area contributed by atoms with Crippen molar-refractivity contribution in [2.24, 2.45) is 0 Å². The molecule has 0 spiro atoms. The Morgan fingerprint density at radius 1 is 0.974 bits per heavy atom. The molecule has 0 bridgehead atoms. The minimum atomic E-state index is -0.0916.